The highest BCUT2D eigenvalue weighted by atomic mass is 15.0. The minimum Gasteiger partial charge on any atom is -0.208 e. The number of hydrogen-bond acceptors (Lipinski definition) is 3. The molecule has 1 aromatic heterocycles. The molecule has 0 fully saturated rings. The van der Waals surface area contributed by atoms with Gasteiger partial charge in [-0.25, -0.2) is 15.0 Å². The summed E-state index contributed by atoms with van der Waals surface area (Å²) in [5.41, 5.74) is 10.0. The van der Waals surface area contributed by atoms with Gasteiger partial charge in [-0.05, 0) is 79.2 Å². The Hall–Kier alpha value is -6.71. The van der Waals surface area contributed by atoms with Crippen molar-refractivity contribution in [2.24, 2.45) is 0 Å². The highest BCUT2D eigenvalue weighted by Crippen LogP contribution is 2.33. The quantitative estimate of drug-likeness (QED) is 0.182. The van der Waals surface area contributed by atoms with Crippen molar-refractivity contribution in [1.29, 1.82) is 0 Å². The van der Waals surface area contributed by atoms with Crippen molar-refractivity contribution in [3.05, 3.63) is 188 Å². The molecule has 8 aromatic carbocycles. The maximum atomic E-state index is 4.89. The average molecular weight is 638 g/mol. The number of fused-ring (bicyclic) bond motifs is 2. The van der Waals surface area contributed by atoms with Crippen molar-refractivity contribution in [1.82, 2.24) is 15.0 Å². The van der Waals surface area contributed by atoms with Crippen LogP contribution >= 0.6 is 0 Å². The lowest BCUT2D eigenvalue weighted by molar-refractivity contribution is 1.07. The van der Waals surface area contributed by atoms with Crippen LogP contribution in [0.3, 0.4) is 0 Å². The Kier molecular flexibility index (Phi) is 7.49. The van der Waals surface area contributed by atoms with Crippen molar-refractivity contribution >= 4 is 21.5 Å². The normalized spacial score (nSPS) is 11.2. The smallest absolute Gasteiger partial charge is 0.164 e. The van der Waals surface area contributed by atoms with Crippen molar-refractivity contribution < 1.29 is 0 Å². The monoisotopic (exact) mass is 637 g/mol. The second-order valence-corrected chi connectivity index (χ2v) is 12.5. The molecule has 0 unspecified atom stereocenters. The number of aromatic nitrogens is 3. The Morgan fingerprint density at radius 3 is 1.04 bits per heavy atom. The van der Waals surface area contributed by atoms with E-state index in [1.165, 1.54) is 49.4 Å². The molecule has 0 aliphatic carbocycles. The van der Waals surface area contributed by atoms with Gasteiger partial charge in [0.05, 0.1) is 0 Å². The number of benzene rings is 8. The van der Waals surface area contributed by atoms with Crippen LogP contribution in [0.25, 0.3) is 89.1 Å². The first-order valence-electron chi connectivity index (χ1n) is 16.8. The number of nitrogens with zero attached hydrogens (tertiary/aromatic N) is 3. The van der Waals surface area contributed by atoms with Crippen LogP contribution in [0.2, 0.25) is 0 Å². The Balaban J connectivity index is 1.00. The Bertz CT molecular complexity index is 2570. The largest absolute Gasteiger partial charge is 0.208 e. The lowest BCUT2D eigenvalue weighted by Crippen LogP contribution is -2.00. The van der Waals surface area contributed by atoms with Crippen molar-refractivity contribution in [3.8, 4) is 67.5 Å². The van der Waals surface area contributed by atoms with Crippen LogP contribution in [0.5, 0.6) is 0 Å². The van der Waals surface area contributed by atoms with Crippen molar-refractivity contribution in [2.45, 2.75) is 0 Å². The second kappa shape index (κ2) is 12.7. The average Bonchev–Trinajstić information content (AvgIpc) is 3.21. The molecule has 0 radical (unpaired) electrons. The van der Waals surface area contributed by atoms with Gasteiger partial charge in [0.1, 0.15) is 0 Å². The van der Waals surface area contributed by atoms with Crippen LogP contribution in [0.4, 0.5) is 0 Å². The van der Waals surface area contributed by atoms with Gasteiger partial charge in [0.15, 0.2) is 17.5 Å². The molecule has 9 aromatic rings. The molecule has 3 nitrogen and oxygen atoms in total. The van der Waals surface area contributed by atoms with Gasteiger partial charge in [-0.1, -0.05) is 164 Å². The van der Waals surface area contributed by atoms with E-state index >= 15 is 0 Å². The maximum Gasteiger partial charge on any atom is 0.164 e. The van der Waals surface area contributed by atoms with Crippen LogP contribution in [0.15, 0.2) is 188 Å². The molecule has 0 atom stereocenters. The first-order chi connectivity index (χ1) is 24.7. The molecule has 0 bridgehead atoms. The summed E-state index contributed by atoms with van der Waals surface area (Å²) in [6.45, 7) is 0. The lowest BCUT2D eigenvalue weighted by Gasteiger charge is -2.10. The zero-order chi connectivity index (χ0) is 33.3. The third-order valence-corrected chi connectivity index (χ3v) is 9.29. The Labute approximate surface area is 291 Å². The van der Waals surface area contributed by atoms with E-state index in [4.69, 9.17) is 15.0 Å². The molecule has 0 spiro atoms. The van der Waals surface area contributed by atoms with E-state index in [9.17, 15) is 0 Å². The topological polar surface area (TPSA) is 38.7 Å². The van der Waals surface area contributed by atoms with Crippen LogP contribution in [-0.4, -0.2) is 15.0 Å². The summed E-state index contributed by atoms with van der Waals surface area (Å²) in [5.74, 6) is 1.97. The Morgan fingerprint density at radius 1 is 0.200 bits per heavy atom. The fraction of sp³-hybridized carbons (Fsp3) is 0. The highest BCUT2D eigenvalue weighted by molar-refractivity contribution is 5.92. The van der Waals surface area contributed by atoms with E-state index in [1.54, 1.807) is 0 Å². The van der Waals surface area contributed by atoms with E-state index in [2.05, 4.69) is 127 Å². The van der Waals surface area contributed by atoms with Gasteiger partial charge < -0.3 is 0 Å². The maximum absolute atomic E-state index is 4.89. The molecule has 0 saturated heterocycles. The second-order valence-electron chi connectivity index (χ2n) is 12.5. The molecule has 0 N–H and O–H groups in total. The fourth-order valence-electron chi connectivity index (χ4n) is 6.60. The molecule has 0 aliphatic heterocycles. The zero-order valence-corrected chi connectivity index (χ0v) is 27.2. The molecule has 234 valence electrons. The third kappa shape index (κ3) is 5.82. The standard InChI is InChI=1S/C47H31N3/c1-3-11-34(12-4-1)45-48-46(35-13-5-2-6-14-35)50-47(49-45)36-21-18-33(19-22-36)40-24-25-44-31-42(26-27-43(44)30-40)39-17-9-16-38(29-39)41-23-20-32-10-7-8-15-37(32)28-41/h1-31H. The summed E-state index contributed by atoms with van der Waals surface area (Å²) in [6, 6.07) is 66.1. The van der Waals surface area contributed by atoms with Crippen LogP contribution in [-0.2, 0) is 0 Å². The van der Waals surface area contributed by atoms with Crippen LogP contribution < -0.4 is 0 Å². The lowest BCUT2D eigenvalue weighted by atomic mass is 9.95. The van der Waals surface area contributed by atoms with Gasteiger partial charge in [0.2, 0.25) is 0 Å². The molecular weight excluding hydrogens is 607 g/mol. The van der Waals surface area contributed by atoms with Crippen molar-refractivity contribution in [2.75, 3.05) is 0 Å². The summed E-state index contributed by atoms with van der Waals surface area (Å²) in [5, 5.41) is 4.94. The summed E-state index contributed by atoms with van der Waals surface area (Å²) >= 11 is 0. The molecule has 9 rings (SSSR count). The summed E-state index contributed by atoms with van der Waals surface area (Å²) in [6.07, 6.45) is 0. The van der Waals surface area contributed by atoms with E-state index in [-0.39, 0.29) is 0 Å². The van der Waals surface area contributed by atoms with E-state index in [0.717, 1.165) is 22.3 Å². The van der Waals surface area contributed by atoms with E-state index in [1.807, 2.05) is 60.7 Å². The fourth-order valence-corrected chi connectivity index (χ4v) is 6.60. The third-order valence-electron chi connectivity index (χ3n) is 9.29. The van der Waals surface area contributed by atoms with Gasteiger partial charge >= 0.3 is 0 Å². The van der Waals surface area contributed by atoms with Crippen LogP contribution in [0, 0.1) is 0 Å². The van der Waals surface area contributed by atoms with Gasteiger partial charge in [-0.2, -0.15) is 0 Å². The van der Waals surface area contributed by atoms with Gasteiger partial charge in [0, 0.05) is 16.7 Å². The van der Waals surface area contributed by atoms with Gasteiger partial charge in [-0.15, -0.1) is 0 Å². The minimum atomic E-state index is 0.653. The number of hydrogen-bond donors (Lipinski definition) is 0. The van der Waals surface area contributed by atoms with E-state index in [0.29, 0.717) is 17.5 Å². The number of rotatable bonds is 6. The first kappa shape index (κ1) is 29.4. The summed E-state index contributed by atoms with van der Waals surface area (Å²) in [7, 11) is 0. The van der Waals surface area contributed by atoms with Gasteiger partial charge in [0.25, 0.3) is 0 Å². The predicted octanol–water partition coefficient (Wildman–Crippen LogP) is 12.2. The summed E-state index contributed by atoms with van der Waals surface area (Å²) in [4.78, 5) is 14.6. The molecule has 0 saturated carbocycles. The predicted molar refractivity (Wildman–Crippen MR) is 207 cm³/mol. The molecule has 3 heteroatoms. The minimum absolute atomic E-state index is 0.653. The molecular formula is C47H31N3. The molecule has 1 heterocycles. The SMILES string of the molecule is c1ccc(-c2nc(-c3ccccc3)nc(-c3ccc(-c4ccc5cc(-c6cccc(-c7ccc8ccccc8c7)c6)ccc5c4)cc3)n2)cc1. The van der Waals surface area contributed by atoms with Crippen molar-refractivity contribution in [3.63, 3.8) is 0 Å². The Morgan fingerprint density at radius 2 is 0.520 bits per heavy atom. The van der Waals surface area contributed by atoms with Gasteiger partial charge in [-0.3, -0.25) is 0 Å². The molecule has 50 heavy (non-hydrogen) atoms. The zero-order valence-electron chi connectivity index (χ0n) is 27.2. The summed E-state index contributed by atoms with van der Waals surface area (Å²) < 4.78 is 0. The first-order valence-corrected chi connectivity index (χ1v) is 16.8. The molecule has 0 aliphatic rings. The van der Waals surface area contributed by atoms with E-state index < -0.39 is 0 Å². The van der Waals surface area contributed by atoms with Crippen LogP contribution in [0.1, 0.15) is 0 Å². The highest BCUT2D eigenvalue weighted by Gasteiger charge is 2.13. The molecule has 0 amide bonds.